The molecule has 5 heteroatoms. The highest BCUT2D eigenvalue weighted by Gasteiger charge is 2.15. The molecule has 0 aliphatic carbocycles. The van der Waals surface area contributed by atoms with E-state index in [1.54, 1.807) is 0 Å². The molecule has 20 heavy (non-hydrogen) atoms. The van der Waals surface area contributed by atoms with Crippen molar-refractivity contribution in [1.29, 1.82) is 0 Å². The minimum absolute atomic E-state index is 0.553. The molecule has 0 aliphatic heterocycles. The van der Waals surface area contributed by atoms with Gasteiger partial charge in [0.25, 0.3) is 0 Å². The molecule has 0 fully saturated rings. The Labute approximate surface area is 118 Å². The zero-order valence-electron chi connectivity index (χ0n) is 12.3. The van der Waals surface area contributed by atoms with Crippen LogP contribution in [0.1, 0.15) is 22.5 Å². The monoisotopic (exact) mass is 269 g/mol. The first-order valence-electron chi connectivity index (χ1n) is 6.69. The molecule has 0 atom stereocenters. The van der Waals surface area contributed by atoms with Gasteiger partial charge in [0.1, 0.15) is 0 Å². The quantitative estimate of drug-likeness (QED) is 0.776. The van der Waals surface area contributed by atoms with Crippen molar-refractivity contribution in [1.82, 2.24) is 19.3 Å². The number of benzene rings is 1. The zero-order chi connectivity index (χ0) is 14.4. The smallest absolute Gasteiger partial charge is 0.201 e. The minimum Gasteiger partial charge on any atom is -0.369 e. The molecule has 0 radical (unpaired) electrons. The highest BCUT2D eigenvalue weighted by Crippen LogP contribution is 2.24. The summed E-state index contributed by atoms with van der Waals surface area (Å²) in [6, 6.07) is 6.09. The third-order valence-corrected chi connectivity index (χ3v) is 3.97. The lowest BCUT2D eigenvalue weighted by Crippen LogP contribution is -2.07. The standard InChI is InChI=1S/C15H19N5/c1-9-6-5-7-13-14(9)20(15(16)17-13)8-12-10(2)18-19(4)11(12)3/h5-7H,8H2,1-4H3,(H2,16,17). The Morgan fingerprint density at radius 1 is 1.20 bits per heavy atom. The molecule has 0 saturated carbocycles. The molecule has 1 aromatic carbocycles. The van der Waals surface area contributed by atoms with E-state index in [0.717, 1.165) is 22.4 Å². The van der Waals surface area contributed by atoms with Crippen molar-refractivity contribution in [2.45, 2.75) is 27.3 Å². The van der Waals surface area contributed by atoms with Crippen LogP contribution in [0.25, 0.3) is 11.0 Å². The predicted molar refractivity (Wildman–Crippen MR) is 80.7 cm³/mol. The summed E-state index contributed by atoms with van der Waals surface area (Å²) in [5.74, 6) is 0.553. The van der Waals surface area contributed by atoms with Crippen LogP contribution in [-0.2, 0) is 13.6 Å². The topological polar surface area (TPSA) is 61.7 Å². The Bertz CT molecular complexity index is 794. The maximum Gasteiger partial charge on any atom is 0.201 e. The van der Waals surface area contributed by atoms with E-state index in [-0.39, 0.29) is 0 Å². The number of anilines is 1. The first-order valence-corrected chi connectivity index (χ1v) is 6.69. The maximum atomic E-state index is 6.10. The van der Waals surface area contributed by atoms with Gasteiger partial charge in [-0.15, -0.1) is 0 Å². The second kappa shape index (κ2) is 4.37. The Morgan fingerprint density at radius 2 is 1.95 bits per heavy atom. The Morgan fingerprint density at radius 3 is 2.60 bits per heavy atom. The average Bonchev–Trinajstić information content (AvgIpc) is 2.83. The van der Waals surface area contributed by atoms with Gasteiger partial charge in [-0.2, -0.15) is 5.10 Å². The first-order chi connectivity index (χ1) is 9.49. The van der Waals surface area contributed by atoms with Crippen molar-refractivity contribution < 1.29 is 0 Å². The second-order valence-corrected chi connectivity index (χ2v) is 5.27. The van der Waals surface area contributed by atoms with Crippen molar-refractivity contribution >= 4 is 17.0 Å². The maximum absolute atomic E-state index is 6.10. The van der Waals surface area contributed by atoms with Crippen LogP contribution in [0.5, 0.6) is 0 Å². The summed E-state index contributed by atoms with van der Waals surface area (Å²) >= 11 is 0. The number of para-hydroxylation sites is 1. The highest BCUT2D eigenvalue weighted by molar-refractivity contribution is 5.81. The summed E-state index contributed by atoms with van der Waals surface area (Å²) in [7, 11) is 1.96. The van der Waals surface area contributed by atoms with Crippen molar-refractivity contribution in [2.24, 2.45) is 7.05 Å². The molecule has 0 amide bonds. The van der Waals surface area contributed by atoms with Crippen LogP contribution in [0, 0.1) is 20.8 Å². The van der Waals surface area contributed by atoms with Gasteiger partial charge in [0.2, 0.25) is 5.95 Å². The molecule has 0 saturated heterocycles. The van der Waals surface area contributed by atoms with Crippen LogP contribution in [0.3, 0.4) is 0 Å². The van der Waals surface area contributed by atoms with Crippen LogP contribution in [-0.4, -0.2) is 19.3 Å². The molecule has 5 nitrogen and oxygen atoms in total. The summed E-state index contributed by atoms with van der Waals surface area (Å²) in [4.78, 5) is 4.45. The number of hydrogen-bond acceptors (Lipinski definition) is 3. The molecule has 2 aromatic heterocycles. The molecule has 0 aliphatic rings. The van der Waals surface area contributed by atoms with Crippen LogP contribution in [0.2, 0.25) is 0 Å². The Hall–Kier alpha value is -2.30. The van der Waals surface area contributed by atoms with Gasteiger partial charge in [-0.05, 0) is 32.4 Å². The summed E-state index contributed by atoms with van der Waals surface area (Å²) in [5.41, 5.74) is 12.8. The van der Waals surface area contributed by atoms with Gasteiger partial charge in [0.05, 0.1) is 23.3 Å². The fourth-order valence-electron chi connectivity index (χ4n) is 2.75. The largest absolute Gasteiger partial charge is 0.369 e. The lowest BCUT2D eigenvalue weighted by Gasteiger charge is -2.09. The van der Waals surface area contributed by atoms with E-state index in [0.29, 0.717) is 12.5 Å². The van der Waals surface area contributed by atoms with E-state index in [1.807, 2.05) is 30.8 Å². The normalized spacial score (nSPS) is 11.4. The molecule has 0 spiro atoms. The lowest BCUT2D eigenvalue weighted by molar-refractivity contribution is 0.728. The molecule has 104 valence electrons. The van der Waals surface area contributed by atoms with Gasteiger partial charge in [0.15, 0.2) is 0 Å². The summed E-state index contributed by atoms with van der Waals surface area (Å²) < 4.78 is 3.98. The van der Waals surface area contributed by atoms with E-state index < -0.39 is 0 Å². The lowest BCUT2D eigenvalue weighted by atomic mass is 10.1. The number of hydrogen-bond donors (Lipinski definition) is 1. The molecule has 0 bridgehead atoms. The van der Waals surface area contributed by atoms with E-state index in [2.05, 4.69) is 34.6 Å². The SMILES string of the molecule is Cc1nn(C)c(C)c1Cn1c(N)nc2cccc(C)c21. The van der Waals surface area contributed by atoms with Gasteiger partial charge in [-0.1, -0.05) is 12.1 Å². The van der Waals surface area contributed by atoms with Crippen molar-refractivity contribution in [2.75, 3.05) is 5.73 Å². The first kappa shape index (κ1) is 12.7. The van der Waals surface area contributed by atoms with Gasteiger partial charge in [-0.25, -0.2) is 4.98 Å². The van der Waals surface area contributed by atoms with Gasteiger partial charge < -0.3 is 10.3 Å². The third-order valence-electron chi connectivity index (χ3n) is 3.97. The number of nitrogens with two attached hydrogens (primary N) is 1. The van der Waals surface area contributed by atoms with E-state index in [9.17, 15) is 0 Å². The number of aromatic nitrogens is 4. The van der Waals surface area contributed by atoms with Gasteiger partial charge >= 0.3 is 0 Å². The molecule has 2 N–H and O–H groups in total. The fourth-order valence-corrected chi connectivity index (χ4v) is 2.75. The summed E-state index contributed by atoms with van der Waals surface area (Å²) in [6.45, 7) is 6.91. The highest BCUT2D eigenvalue weighted by atomic mass is 15.3. The van der Waals surface area contributed by atoms with Gasteiger partial charge in [-0.3, -0.25) is 4.68 Å². The van der Waals surface area contributed by atoms with Crippen LogP contribution >= 0.6 is 0 Å². The number of nitrogen functional groups attached to an aromatic ring is 1. The summed E-state index contributed by atoms with van der Waals surface area (Å²) in [6.07, 6.45) is 0. The molecular formula is C15H19N5. The molecule has 3 rings (SSSR count). The number of rotatable bonds is 2. The van der Waals surface area contributed by atoms with Crippen LogP contribution in [0.15, 0.2) is 18.2 Å². The van der Waals surface area contributed by atoms with Crippen LogP contribution in [0.4, 0.5) is 5.95 Å². The van der Waals surface area contributed by atoms with Gasteiger partial charge in [0, 0.05) is 18.3 Å². The van der Waals surface area contributed by atoms with E-state index >= 15 is 0 Å². The van der Waals surface area contributed by atoms with Crippen molar-refractivity contribution in [3.05, 3.63) is 40.7 Å². The van der Waals surface area contributed by atoms with Crippen molar-refractivity contribution in [3.8, 4) is 0 Å². The van der Waals surface area contributed by atoms with E-state index in [4.69, 9.17) is 5.73 Å². The number of imidazole rings is 1. The predicted octanol–water partition coefficient (Wildman–Crippen LogP) is 2.33. The third kappa shape index (κ3) is 1.78. The zero-order valence-corrected chi connectivity index (χ0v) is 12.3. The van der Waals surface area contributed by atoms with Crippen LogP contribution < -0.4 is 5.73 Å². The number of nitrogens with zero attached hydrogens (tertiary/aromatic N) is 4. The molecule has 2 heterocycles. The fraction of sp³-hybridized carbons (Fsp3) is 0.333. The van der Waals surface area contributed by atoms with Crippen molar-refractivity contribution in [3.63, 3.8) is 0 Å². The number of aryl methyl sites for hydroxylation is 3. The molecule has 0 unspecified atom stereocenters. The van der Waals surface area contributed by atoms with E-state index in [1.165, 1.54) is 11.1 Å². The second-order valence-electron chi connectivity index (χ2n) is 5.27. The average molecular weight is 269 g/mol. The number of fused-ring (bicyclic) bond motifs is 1. The molecule has 3 aromatic rings. The minimum atomic E-state index is 0.553. The summed E-state index contributed by atoms with van der Waals surface area (Å²) in [5, 5.41) is 4.47. The Kier molecular flexibility index (Phi) is 2.78. The Balaban J connectivity index is 2.18. The molecular weight excluding hydrogens is 250 g/mol.